The largest absolute Gasteiger partial charge is 0.377 e. The van der Waals surface area contributed by atoms with E-state index in [1.807, 2.05) is 11.8 Å². The van der Waals surface area contributed by atoms with Crippen LogP contribution in [0.5, 0.6) is 0 Å². The maximum atomic E-state index is 4.88. The van der Waals surface area contributed by atoms with Crippen LogP contribution in [0.4, 0.5) is 0 Å². The maximum Gasteiger partial charge on any atom is 0.0912 e. The summed E-state index contributed by atoms with van der Waals surface area (Å²) in [5.41, 5.74) is 3.62. The van der Waals surface area contributed by atoms with E-state index in [-0.39, 0.29) is 5.54 Å². The summed E-state index contributed by atoms with van der Waals surface area (Å²) in [7, 11) is 0. The highest BCUT2D eigenvalue weighted by Crippen LogP contribution is 2.35. The number of rotatable bonds is 3. The van der Waals surface area contributed by atoms with Crippen LogP contribution in [-0.2, 0) is 5.54 Å². The molecule has 3 heterocycles. The molecule has 2 aliphatic heterocycles. The summed E-state index contributed by atoms with van der Waals surface area (Å²) >= 11 is 1.84. The Morgan fingerprint density at radius 3 is 2.90 bits per heavy atom. The zero-order valence-corrected chi connectivity index (χ0v) is 18.9. The molecule has 0 aromatic carbocycles. The van der Waals surface area contributed by atoms with Crippen molar-refractivity contribution in [1.82, 2.24) is 14.8 Å². The highest BCUT2D eigenvalue weighted by molar-refractivity contribution is 8.02. The average Bonchev–Trinajstić information content (AvgIpc) is 3.11. The van der Waals surface area contributed by atoms with Crippen LogP contribution in [0.3, 0.4) is 0 Å². The molecule has 1 aromatic rings. The van der Waals surface area contributed by atoms with Crippen molar-refractivity contribution in [1.29, 1.82) is 0 Å². The second-order valence-corrected chi connectivity index (χ2v) is 9.07. The summed E-state index contributed by atoms with van der Waals surface area (Å²) in [6.45, 7) is 4.13. The number of nitrogens with zero attached hydrogens (tertiary/aromatic N) is 3. The van der Waals surface area contributed by atoms with Gasteiger partial charge in [-0.1, -0.05) is 18.2 Å². The van der Waals surface area contributed by atoms with Crippen molar-refractivity contribution in [2.75, 3.05) is 19.3 Å². The SMILES string of the molecule is CSC1=C(N=CN2CCC3(CC2)N/C(C)=C/C=C\C=C\n2cccc23)C=CCCC1. The van der Waals surface area contributed by atoms with Crippen molar-refractivity contribution in [3.8, 4) is 0 Å². The predicted molar refractivity (Wildman–Crippen MR) is 130 cm³/mol. The normalized spacial score (nSPS) is 25.4. The van der Waals surface area contributed by atoms with Crippen molar-refractivity contribution >= 4 is 24.3 Å². The molecule has 0 bridgehead atoms. The highest BCUT2D eigenvalue weighted by atomic mass is 32.2. The lowest BCUT2D eigenvalue weighted by atomic mass is 9.83. The number of hydrogen-bond acceptors (Lipinski definition) is 3. The van der Waals surface area contributed by atoms with E-state index in [2.05, 4.69) is 95.3 Å². The van der Waals surface area contributed by atoms with Crippen molar-refractivity contribution in [2.24, 2.45) is 4.99 Å². The van der Waals surface area contributed by atoms with Gasteiger partial charge in [-0.15, -0.1) is 11.8 Å². The van der Waals surface area contributed by atoms with Crippen LogP contribution in [-0.4, -0.2) is 35.2 Å². The van der Waals surface area contributed by atoms with E-state index in [1.165, 1.54) is 22.7 Å². The summed E-state index contributed by atoms with van der Waals surface area (Å²) in [5, 5.41) is 3.85. The molecule has 1 N–H and O–H groups in total. The topological polar surface area (TPSA) is 32.6 Å². The van der Waals surface area contributed by atoms with Gasteiger partial charge in [0.25, 0.3) is 0 Å². The fraction of sp³-hybridized carbons (Fsp3) is 0.400. The minimum Gasteiger partial charge on any atom is -0.377 e. The van der Waals surface area contributed by atoms with Gasteiger partial charge in [0.2, 0.25) is 0 Å². The fourth-order valence-corrected chi connectivity index (χ4v) is 5.16. The molecule has 30 heavy (non-hydrogen) atoms. The van der Waals surface area contributed by atoms with Crippen LogP contribution in [0.15, 0.2) is 76.1 Å². The van der Waals surface area contributed by atoms with Gasteiger partial charge < -0.3 is 14.8 Å². The molecule has 1 spiro atoms. The Morgan fingerprint density at radius 1 is 1.20 bits per heavy atom. The number of nitrogens with one attached hydrogen (secondary N) is 1. The van der Waals surface area contributed by atoms with E-state index in [9.17, 15) is 0 Å². The number of aliphatic imine (C=N–C) groups is 1. The van der Waals surface area contributed by atoms with Gasteiger partial charge in [-0.05, 0) is 75.6 Å². The Balaban J connectivity index is 1.53. The summed E-state index contributed by atoms with van der Waals surface area (Å²) < 4.78 is 2.26. The Bertz CT molecular complexity index is 921. The molecule has 0 unspecified atom stereocenters. The van der Waals surface area contributed by atoms with E-state index < -0.39 is 0 Å². The Hall–Kier alpha value is -2.40. The molecular formula is C25H32N4S. The lowest BCUT2D eigenvalue weighted by molar-refractivity contribution is 0.196. The van der Waals surface area contributed by atoms with Gasteiger partial charge in [-0.3, -0.25) is 0 Å². The summed E-state index contributed by atoms with van der Waals surface area (Å²) in [5.74, 6) is 0. The molecule has 5 heteroatoms. The van der Waals surface area contributed by atoms with E-state index >= 15 is 0 Å². The fourth-order valence-electron chi connectivity index (χ4n) is 4.48. The van der Waals surface area contributed by atoms with Crippen molar-refractivity contribution in [3.05, 3.63) is 76.8 Å². The number of aromatic nitrogens is 1. The lowest BCUT2D eigenvalue weighted by Crippen LogP contribution is -2.51. The molecule has 0 amide bonds. The van der Waals surface area contributed by atoms with E-state index in [0.29, 0.717) is 0 Å². The van der Waals surface area contributed by atoms with Crippen LogP contribution >= 0.6 is 11.8 Å². The van der Waals surface area contributed by atoms with Gasteiger partial charge in [0.15, 0.2) is 0 Å². The first-order valence-electron chi connectivity index (χ1n) is 10.9. The first-order chi connectivity index (χ1) is 14.7. The molecule has 0 radical (unpaired) electrons. The molecule has 1 aromatic heterocycles. The van der Waals surface area contributed by atoms with Crippen molar-refractivity contribution < 1.29 is 0 Å². The van der Waals surface area contributed by atoms with Crippen LogP contribution in [0.25, 0.3) is 6.20 Å². The number of likely N-dealkylation sites (tertiary alicyclic amines) is 1. The zero-order valence-electron chi connectivity index (χ0n) is 18.1. The van der Waals surface area contributed by atoms with Crippen LogP contribution < -0.4 is 5.32 Å². The van der Waals surface area contributed by atoms with Crippen LogP contribution in [0, 0.1) is 0 Å². The number of fused-ring (bicyclic) bond motifs is 2. The van der Waals surface area contributed by atoms with E-state index in [4.69, 9.17) is 4.99 Å². The van der Waals surface area contributed by atoms with Gasteiger partial charge in [0.05, 0.1) is 17.6 Å². The van der Waals surface area contributed by atoms with Crippen molar-refractivity contribution in [3.63, 3.8) is 0 Å². The zero-order chi connectivity index (χ0) is 20.8. The number of allylic oxidation sites excluding steroid dienone is 8. The second kappa shape index (κ2) is 9.61. The third kappa shape index (κ3) is 4.67. The standard InChI is InChI=1S/C25H32N4S/c1-21-10-5-4-8-16-29-17-9-13-24(29)25(27-21)14-18-28(19-15-25)20-26-22-11-6-3-7-12-23(22)30-2/h4-6,8-11,13,16-17,20,27H,3,7,12,14-15,18-19H2,1-2H3/b5-4-,16-8+,21-10+,26-20?. The maximum absolute atomic E-state index is 4.88. The van der Waals surface area contributed by atoms with Crippen molar-refractivity contribution in [2.45, 2.75) is 44.6 Å². The second-order valence-electron chi connectivity index (χ2n) is 8.17. The quantitative estimate of drug-likeness (QED) is 0.506. The third-order valence-electron chi connectivity index (χ3n) is 6.11. The predicted octanol–water partition coefficient (Wildman–Crippen LogP) is 5.66. The molecule has 0 atom stereocenters. The third-order valence-corrected chi connectivity index (χ3v) is 7.02. The van der Waals surface area contributed by atoms with Gasteiger partial charge >= 0.3 is 0 Å². The number of hydrogen-bond donors (Lipinski definition) is 1. The Morgan fingerprint density at radius 2 is 2.07 bits per heavy atom. The Kier molecular flexibility index (Phi) is 6.68. The molecule has 1 fully saturated rings. The molecule has 158 valence electrons. The molecule has 4 rings (SSSR count). The van der Waals surface area contributed by atoms with Gasteiger partial charge in [-0.2, -0.15) is 0 Å². The number of thioether (sulfide) groups is 1. The smallest absolute Gasteiger partial charge is 0.0912 e. The monoisotopic (exact) mass is 420 g/mol. The Labute approximate surface area is 184 Å². The van der Waals surface area contributed by atoms with Gasteiger partial charge in [0.1, 0.15) is 0 Å². The minimum absolute atomic E-state index is 0.0597. The summed E-state index contributed by atoms with van der Waals surface area (Å²) in [4.78, 5) is 8.65. The molecule has 3 aliphatic rings. The highest BCUT2D eigenvalue weighted by Gasteiger charge is 2.37. The first-order valence-corrected chi connectivity index (χ1v) is 12.1. The summed E-state index contributed by atoms with van der Waals surface area (Å²) in [6, 6.07) is 4.40. The molecule has 0 saturated carbocycles. The number of piperidine rings is 1. The molecule has 4 nitrogen and oxygen atoms in total. The van der Waals surface area contributed by atoms with Gasteiger partial charge in [-0.25, -0.2) is 4.99 Å². The minimum atomic E-state index is -0.0597. The first kappa shape index (κ1) is 20.9. The molecule has 1 aliphatic carbocycles. The lowest BCUT2D eigenvalue weighted by Gasteiger charge is -2.43. The molecular weight excluding hydrogens is 388 g/mol. The van der Waals surface area contributed by atoms with E-state index in [0.717, 1.165) is 44.5 Å². The van der Waals surface area contributed by atoms with E-state index in [1.54, 1.807) is 0 Å². The average molecular weight is 421 g/mol. The van der Waals surface area contributed by atoms with Crippen LogP contribution in [0.2, 0.25) is 0 Å². The van der Waals surface area contributed by atoms with Crippen LogP contribution in [0.1, 0.15) is 44.7 Å². The molecule has 1 saturated heterocycles. The van der Waals surface area contributed by atoms with Gasteiger partial charge in [0, 0.05) is 41.8 Å². The summed E-state index contributed by atoms with van der Waals surface area (Å²) in [6.07, 6.45) is 27.0.